The molecule has 3 rings (SSSR count). The fourth-order valence-electron chi connectivity index (χ4n) is 3.00. The molecule has 2 amide bonds. The lowest BCUT2D eigenvalue weighted by Gasteiger charge is -2.37. The number of anilines is 1. The summed E-state index contributed by atoms with van der Waals surface area (Å²) in [4.78, 5) is 28.6. The molecular formula is C19H23N3O3. The number of aryl methyl sites for hydroxylation is 1. The van der Waals surface area contributed by atoms with Crippen LogP contribution in [-0.4, -0.2) is 53.8 Å². The molecule has 0 aliphatic carbocycles. The summed E-state index contributed by atoms with van der Waals surface area (Å²) in [7, 11) is 0. The summed E-state index contributed by atoms with van der Waals surface area (Å²) < 4.78 is 5.17. The van der Waals surface area contributed by atoms with Gasteiger partial charge in [-0.3, -0.25) is 14.5 Å². The minimum Gasteiger partial charge on any atom is -0.459 e. The van der Waals surface area contributed by atoms with Gasteiger partial charge in [0.05, 0.1) is 12.3 Å². The second-order valence-electron chi connectivity index (χ2n) is 6.34. The molecule has 132 valence electrons. The van der Waals surface area contributed by atoms with Gasteiger partial charge in [0.15, 0.2) is 5.76 Å². The molecule has 0 radical (unpaired) electrons. The van der Waals surface area contributed by atoms with Crippen molar-refractivity contribution in [3.05, 3.63) is 54.0 Å². The predicted molar refractivity (Wildman–Crippen MR) is 95.5 cm³/mol. The Bertz CT molecular complexity index is 734. The van der Waals surface area contributed by atoms with Crippen molar-refractivity contribution in [2.45, 2.75) is 19.9 Å². The first-order chi connectivity index (χ1) is 12.0. The Morgan fingerprint density at radius 2 is 1.88 bits per heavy atom. The van der Waals surface area contributed by atoms with Gasteiger partial charge in [-0.05, 0) is 43.7 Å². The van der Waals surface area contributed by atoms with Crippen molar-refractivity contribution in [2.24, 2.45) is 0 Å². The van der Waals surface area contributed by atoms with Gasteiger partial charge in [-0.2, -0.15) is 0 Å². The summed E-state index contributed by atoms with van der Waals surface area (Å²) in [6.07, 6.45) is 1.50. The third kappa shape index (κ3) is 4.09. The number of nitrogens with zero attached hydrogens (tertiary/aromatic N) is 2. The van der Waals surface area contributed by atoms with E-state index in [1.165, 1.54) is 6.26 Å². The SMILES string of the molecule is Cc1cccc(NC(=O)C(C)N2CCN(C(=O)c3ccco3)CC2)c1. The number of piperazine rings is 1. The van der Waals surface area contributed by atoms with Gasteiger partial charge in [0.25, 0.3) is 5.91 Å². The van der Waals surface area contributed by atoms with Crippen molar-refractivity contribution in [3.63, 3.8) is 0 Å². The molecule has 1 aliphatic rings. The van der Waals surface area contributed by atoms with Crippen molar-refractivity contribution in [2.75, 3.05) is 31.5 Å². The molecule has 6 nitrogen and oxygen atoms in total. The maximum atomic E-state index is 12.5. The molecule has 1 atom stereocenters. The summed E-state index contributed by atoms with van der Waals surface area (Å²) in [5, 5.41) is 2.96. The number of benzene rings is 1. The van der Waals surface area contributed by atoms with E-state index < -0.39 is 0 Å². The van der Waals surface area contributed by atoms with Crippen LogP contribution in [0, 0.1) is 6.92 Å². The van der Waals surface area contributed by atoms with Crippen LogP contribution >= 0.6 is 0 Å². The van der Waals surface area contributed by atoms with Crippen LogP contribution in [0.5, 0.6) is 0 Å². The Labute approximate surface area is 147 Å². The number of carbonyl (C=O) groups is 2. The lowest BCUT2D eigenvalue weighted by Crippen LogP contribution is -2.54. The Morgan fingerprint density at radius 1 is 1.12 bits per heavy atom. The van der Waals surface area contributed by atoms with Gasteiger partial charge in [0, 0.05) is 31.9 Å². The normalized spacial score (nSPS) is 16.5. The summed E-state index contributed by atoms with van der Waals surface area (Å²) in [6, 6.07) is 10.9. The zero-order chi connectivity index (χ0) is 17.8. The monoisotopic (exact) mass is 341 g/mol. The van der Waals surface area contributed by atoms with E-state index in [-0.39, 0.29) is 17.9 Å². The van der Waals surface area contributed by atoms with E-state index in [0.717, 1.165) is 11.3 Å². The van der Waals surface area contributed by atoms with E-state index in [0.29, 0.717) is 31.9 Å². The number of hydrogen-bond acceptors (Lipinski definition) is 4. The average molecular weight is 341 g/mol. The van der Waals surface area contributed by atoms with Gasteiger partial charge in [0.1, 0.15) is 0 Å². The summed E-state index contributed by atoms with van der Waals surface area (Å²) in [6.45, 7) is 6.39. The standard InChI is InChI=1S/C19H23N3O3/c1-14-5-3-6-16(13-14)20-18(23)15(2)21-8-10-22(11-9-21)19(24)17-7-4-12-25-17/h3-7,12-13,15H,8-11H2,1-2H3,(H,20,23). The number of hydrogen-bond donors (Lipinski definition) is 1. The first-order valence-corrected chi connectivity index (χ1v) is 8.49. The van der Waals surface area contributed by atoms with Gasteiger partial charge in [-0.1, -0.05) is 12.1 Å². The molecular weight excluding hydrogens is 318 g/mol. The second kappa shape index (κ2) is 7.53. The highest BCUT2D eigenvalue weighted by molar-refractivity contribution is 5.94. The molecule has 1 N–H and O–H groups in total. The third-order valence-electron chi connectivity index (χ3n) is 4.55. The van der Waals surface area contributed by atoms with Gasteiger partial charge in [-0.15, -0.1) is 0 Å². The predicted octanol–water partition coefficient (Wildman–Crippen LogP) is 2.37. The van der Waals surface area contributed by atoms with Crippen molar-refractivity contribution in [1.29, 1.82) is 0 Å². The molecule has 1 unspecified atom stereocenters. The van der Waals surface area contributed by atoms with E-state index in [2.05, 4.69) is 10.2 Å². The van der Waals surface area contributed by atoms with Crippen molar-refractivity contribution >= 4 is 17.5 Å². The lowest BCUT2D eigenvalue weighted by molar-refractivity contribution is -0.121. The maximum absolute atomic E-state index is 12.5. The fraction of sp³-hybridized carbons (Fsp3) is 0.368. The molecule has 25 heavy (non-hydrogen) atoms. The van der Waals surface area contributed by atoms with Crippen LogP contribution in [0.4, 0.5) is 5.69 Å². The first-order valence-electron chi connectivity index (χ1n) is 8.49. The van der Waals surface area contributed by atoms with E-state index >= 15 is 0 Å². The number of carbonyl (C=O) groups excluding carboxylic acids is 2. The molecule has 2 aromatic rings. The van der Waals surface area contributed by atoms with E-state index in [1.807, 2.05) is 38.1 Å². The Morgan fingerprint density at radius 3 is 2.52 bits per heavy atom. The van der Waals surface area contributed by atoms with Crippen LogP contribution in [0.25, 0.3) is 0 Å². The molecule has 0 spiro atoms. The Balaban J connectivity index is 1.53. The molecule has 1 saturated heterocycles. The van der Waals surface area contributed by atoms with E-state index in [4.69, 9.17) is 4.42 Å². The molecule has 1 aromatic carbocycles. The minimum absolute atomic E-state index is 0.0311. The van der Waals surface area contributed by atoms with Crippen LogP contribution in [-0.2, 0) is 4.79 Å². The lowest BCUT2D eigenvalue weighted by atomic mass is 10.2. The van der Waals surface area contributed by atoms with Gasteiger partial charge in [0.2, 0.25) is 5.91 Å². The topological polar surface area (TPSA) is 65.8 Å². The minimum atomic E-state index is -0.249. The van der Waals surface area contributed by atoms with Crippen molar-refractivity contribution in [1.82, 2.24) is 9.80 Å². The summed E-state index contributed by atoms with van der Waals surface area (Å²) in [5.74, 6) is 0.233. The third-order valence-corrected chi connectivity index (χ3v) is 4.55. The zero-order valence-electron chi connectivity index (χ0n) is 14.6. The highest BCUT2D eigenvalue weighted by Crippen LogP contribution is 2.14. The number of rotatable bonds is 4. The maximum Gasteiger partial charge on any atom is 0.289 e. The fourth-order valence-corrected chi connectivity index (χ4v) is 3.00. The van der Waals surface area contributed by atoms with E-state index in [1.54, 1.807) is 17.0 Å². The number of nitrogens with one attached hydrogen (secondary N) is 1. The molecule has 2 heterocycles. The van der Waals surface area contributed by atoms with Gasteiger partial charge in [-0.25, -0.2) is 0 Å². The zero-order valence-corrected chi connectivity index (χ0v) is 14.6. The highest BCUT2D eigenvalue weighted by Gasteiger charge is 2.28. The van der Waals surface area contributed by atoms with E-state index in [9.17, 15) is 9.59 Å². The van der Waals surface area contributed by atoms with Crippen LogP contribution in [0.15, 0.2) is 47.1 Å². The molecule has 1 aliphatic heterocycles. The van der Waals surface area contributed by atoms with Gasteiger partial charge >= 0.3 is 0 Å². The van der Waals surface area contributed by atoms with Crippen molar-refractivity contribution in [3.8, 4) is 0 Å². The smallest absolute Gasteiger partial charge is 0.289 e. The first kappa shape index (κ1) is 17.2. The largest absolute Gasteiger partial charge is 0.459 e. The summed E-state index contributed by atoms with van der Waals surface area (Å²) in [5.41, 5.74) is 1.92. The van der Waals surface area contributed by atoms with Crippen molar-refractivity contribution < 1.29 is 14.0 Å². The number of furan rings is 1. The molecule has 0 bridgehead atoms. The van der Waals surface area contributed by atoms with Gasteiger partial charge < -0.3 is 14.6 Å². The summed E-state index contributed by atoms with van der Waals surface area (Å²) >= 11 is 0. The Hall–Kier alpha value is -2.60. The van der Waals surface area contributed by atoms with Crippen LogP contribution in [0.3, 0.4) is 0 Å². The molecule has 1 aromatic heterocycles. The number of amides is 2. The second-order valence-corrected chi connectivity index (χ2v) is 6.34. The Kier molecular flexibility index (Phi) is 5.19. The molecule has 0 saturated carbocycles. The average Bonchev–Trinajstić information content (AvgIpc) is 3.15. The quantitative estimate of drug-likeness (QED) is 0.927. The highest BCUT2D eigenvalue weighted by atomic mass is 16.3. The molecule has 6 heteroatoms. The van der Waals surface area contributed by atoms with Crippen LogP contribution in [0.2, 0.25) is 0 Å². The van der Waals surface area contributed by atoms with Crippen LogP contribution < -0.4 is 5.32 Å². The molecule has 1 fully saturated rings. The van der Waals surface area contributed by atoms with Crippen LogP contribution in [0.1, 0.15) is 23.0 Å².